The third-order valence-corrected chi connectivity index (χ3v) is 5.90. The van der Waals surface area contributed by atoms with Crippen molar-refractivity contribution in [3.63, 3.8) is 0 Å². The van der Waals surface area contributed by atoms with E-state index in [0.717, 1.165) is 10.9 Å². The fourth-order valence-corrected chi connectivity index (χ4v) is 4.69. The van der Waals surface area contributed by atoms with Crippen LogP contribution in [0.15, 0.2) is 45.1 Å². The second-order valence-corrected chi connectivity index (χ2v) is 8.51. The molecule has 3 nitrogen and oxygen atoms in total. The first-order valence-electron chi connectivity index (χ1n) is 6.32. The summed E-state index contributed by atoms with van der Waals surface area (Å²) in [6.45, 7) is 3.84. The molecule has 0 fully saturated rings. The Balaban J connectivity index is 2.35. The third-order valence-electron chi connectivity index (χ3n) is 2.98. The Hall–Kier alpha value is -0.760. The van der Waals surface area contributed by atoms with E-state index >= 15 is 0 Å². The van der Waals surface area contributed by atoms with Crippen molar-refractivity contribution in [1.29, 1.82) is 0 Å². The Morgan fingerprint density at radius 2 is 2.00 bits per heavy atom. The number of hydrogen-bond donors (Lipinski definition) is 1. The average molecular weight is 392 g/mol. The van der Waals surface area contributed by atoms with Gasteiger partial charge in [-0.3, -0.25) is 0 Å². The molecule has 1 aromatic carbocycles. The van der Waals surface area contributed by atoms with Crippen molar-refractivity contribution in [1.82, 2.24) is 4.72 Å². The summed E-state index contributed by atoms with van der Waals surface area (Å²) in [6, 6.07) is 7.27. The monoisotopic (exact) mass is 391 g/mol. The smallest absolute Gasteiger partial charge is 0.207 e. The number of nitrogens with one attached hydrogen (secondary N) is 1. The van der Waals surface area contributed by atoms with Crippen molar-refractivity contribution >= 4 is 37.3 Å². The molecule has 0 amide bonds. The van der Waals surface area contributed by atoms with Gasteiger partial charge >= 0.3 is 0 Å². The molecule has 0 radical (unpaired) electrons. The molecule has 1 atom stereocenters. The molecule has 0 spiro atoms. The maximum atomic E-state index is 13.9. The zero-order valence-corrected chi connectivity index (χ0v) is 14.7. The van der Waals surface area contributed by atoms with Crippen molar-refractivity contribution in [2.75, 3.05) is 0 Å². The topological polar surface area (TPSA) is 46.2 Å². The zero-order valence-electron chi connectivity index (χ0n) is 11.5. The van der Waals surface area contributed by atoms with Crippen LogP contribution < -0.4 is 4.72 Å². The van der Waals surface area contributed by atoms with Gasteiger partial charge in [0.05, 0.1) is 6.04 Å². The molecule has 0 saturated heterocycles. The fraction of sp³-hybridized carbons (Fsp3) is 0.286. The lowest BCUT2D eigenvalue weighted by Crippen LogP contribution is -2.31. The molecule has 1 aromatic heterocycles. The molecule has 114 valence electrons. The summed E-state index contributed by atoms with van der Waals surface area (Å²) in [6.07, 6.45) is 0. The van der Waals surface area contributed by atoms with E-state index in [9.17, 15) is 12.8 Å². The molecule has 0 aliphatic heterocycles. The Kier molecular flexibility index (Phi) is 5.19. The summed E-state index contributed by atoms with van der Waals surface area (Å²) >= 11 is 4.59. The van der Waals surface area contributed by atoms with E-state index in [1.807, 2.05) is 31.4 Å². The van der Waals surface area contributed by atoms with Crippen molar-refractivity contribution in [3.8, 4) is 0 Å². The average Bonchev–Trinajstić information content (AvgIpc) is 2.88. The quantitative estimate of drug-likeness (QED) is 0.824. The van der Waals surface area contributed by atoms with Gasteiger partial charge in [-0.05, 0) is 35.6 Å². The van der Waals surface area contributed by atoms with Crippen molar-refractivity contribution in [3.05, 3.63) is 50.9 Å². The van der Waals surface area contributed by atoms with Gasteiger partial charge in [-0.15, -0.1) is 11.3 Å². The van der Waals surface area contributed by atoms with Crippen LogP contribution in [0, 0.1) is 11.7 Å². The number of rotatable bonds is 5. The van der Waals surface area contributed by atoms with E-state index < -0.39 is 15.8 Å². The van der Waals surface area contributed by atoms with Crippen LogP contribution >= 0.6 is 27.3 Å². The number of thiophene rings is 1. The van der Waals surface area contributed by atoms with Crippen molar-refractivity contribution in [2.45, 2.75) is 24.8 Å². The van der Waals surface area contributed by atoms with Crippen LogP contribution in [0.2, 0.25) is 0 Å². The molecule has 0 aliphatic carbocycles. The predicted molar refractivity (Wildman–Crippen MR) is 86.3 cm³/mol. The van der Waals surface area contributed by atoms with Crippen LogP contribution in [-0.2, 0) is 10.0 Å². The second kappa shape index (κ2) is 6.56. The van der Waals surface area contributed by atoms with Gasteiger partial charge in [-0.25, -0.2) is 17.5 Å². The molecular formula is C14H15BrFNO2S2. The maximum absolute atomic E-state index is 13.9. The number of benzene rings is 1. The van der Waals surface area contributed by atoms with Crippen molar-refractivity contribution < 1.29 is 12.8 Å². The van der Waals surface area contributed by atoms with E-state index in [4.69, 9.17) is 0 Å². The molecule has 21 heavy (non-hydrogen) atoms. The van der Waals surface area contributed by atoms with Gasteiger partial charge in [0, 0.05) is 9.35 Å². The molecule has 0 saturated carbocycles. The first kappa shape index (κ1) is 16.6. The summed E-state index contributed by atoms with van der Waals surface area (Å²) in [5, 5.41) is 1.89. The highest BCUT2D eigenvalue weighted by Gasteiger charge is 2.26. The predicted octanol–water partition coefficient (Wildman–Crippen LogP) is 4.33. The van der Waals surface area contributed by atoms with Gasteiger partial charge in [-0.1, -0.05) is 35.8 Å². The summed E-state index contributed by atoms with van der Waals surface area (Å²) in [4.78, 5) is 0.569. The summed E-state index contributed by atoms with van der Waals surface area (Å²) in [5.41, 5.74) is 0. The standard InChI is InChI=1S/C14H15BrFNO2S2/c1-9(2)14(12-4-3-7-20-12)17-21(18,19)13-6-5-10(15)8-11(13)16/h3-9,14,17H,1-2H3. The molecule has 0 bridgehead atoms. The lowest BCUT2D eigenvalue weighted by atomic mass is 10.0. The molecule has 0 aliphatic rings. The molecule has 7 heteroatoms. The third kappa shape index (κ3) is 3.91. The normalized spacial score (nSPS) is 13.6. The zero-order chi connectivity index (χ0) is 15.6. The largest absolute Gasteiger partial charge is 0.244 e. The van der Waals surface area contributed by atoms with E-state index in [-0.39, 0.29) is 16.9 Å². The highest BCUT2D eigenvalue weighted by molar-refractivity contribution is 9.10. The van der Waals surface area contributed by atoms with Gasteiger partial charge in [-0.2, -0.15) is 0 Å². The minimum Gasteiger partial charge on any atom is -0.207 e. The SMILES string of the molecule is CC(C)C(NS(=O)(=O)c1ccc(Br)cc1F)c1cccs1. The molecule has 2 rings (SSSR count). The highest BCUT2D eigenvalue weighted by Crippen LogP contribution is 2.28. The number of halogens is 2. The molecular weight excluding hydrogens is 377 g/mol. The summed E-state index contributed by atoms with van der Waals surface area (Å²) in [7, 11) is -3.92. The van der Waals surface area contributed by atoms with Gasteiger partial charge in [0.1, 0.15) is 10.7 Å². The molecule has 2 aromatic rings. The van der Waals surface area contributed by atoms with Gasteiger partial charge in [0.25, 0.3) is 0 Å². The van der Waals surface area contributed by atoms with Gasteiger partial charge in [0.2, 0.25) is 10.0 Å². The number of hydrogen-bond acceptors (Lipinski definition) is 3. The van der Waals surface area contributed by atoms with Crippen LogP contribution in [0.1, 0.15) is 24.8 Å². The summed E-state index contributed by atoms with van der Waals surface area (Å²) in [5.74, 6) is -0.720. The minimum absolute atomic E-state index is 0.0527. The van der Waals surface area contributed by atoms with Crippen LogP contribution in [0.3, 0.4) is 0 Å². The van der Waals surface area contributed by atoms with E-state index in [2.05, 4.69) is 20.7 Å². The van der Waals surface area contributed by atoms with E-state index in [1.54, 1.807) is 0 Å². The van der Waals surface area contributed by atoms with Crippen LogP contribution in [-0.4, -0.2) is 8.42 Å². The minimum atomic E-state index is -3.92. The first-order valence-corrected chi connectivity index (χ1v) is 9.47. The van der Waals surface area contributed by atoms with Gasteiger partial charge in [0.15, 0.2) is 0 Å². The highest BCUT2D eigenvalue weighted by atomic mass is 79.9. The Bertz CT molecular complexity index is 715. The second-order valence-electron chi connectivity index (χ2n) is 4.93. The van der Waals surface area contributed by atoms with Crippen LogP contribution in [0.25, 0.3) is 0 Å². The van der Waals surface area contributed by atoms with Crippen molar-refractivity contribution in [2.24, 2.45) is 5.92 Å². The van der Waals surface area contributed by atoms with Crippen LogP contribution in [0.5, 0.6) is 0 Å². The van der Waals surface area contributed by atoms with E-state index in [1.165, 1.54) is 23.5 Å². The van der Waals surface area contributed by atoms with Crippen LogP contribution in [0.4, 0.5) is 4.39 Å². The molecule has 1 unspecified atom stereocenters. The lowest BCUT2D eigenvalue weighted by molar-refractivity contribution is 0.466. The van der Waals surface area contributed by atoms with E-state index in [0.29, 0.717) is 4.47 Å². The lowest BCUT2D eigenvalue weighted by Gasteiger charge is -2.21. The first-order chi connectivity index (χ1) is 9.81. The maximum Gasteiger partial charge on any atom is 0.244 e. The Labute approximate surface area is 136 Å². The summed E-state index contributed by atoms with van der Waals surface area (Å²) < 4.78 is 41.8. The van der Waals surface area contributed by atoms with Gasteiger partial charge < -0.3 is 0 Å². The molecule has 1 heterocycles. The Morgan fingerprint density at radius 1 is 1.29 bits per heavy atom. The Morgan fingerprint density at radius 3 is 2.52 bits per heavy atom. The number of sulfonamides is 1. The molecule has 1 N–H and O–H groups in total. The fourth-order valence-electron chi connectivity index (χ4n) is 1.91.